The first-order valence-electron chi connectivity index (χ1n) is 5.09. The highest BCUT2D eigenvalue weighted by molar-refractivity contribution is 9.10. The van der Waals surface area contributed by atoms with E-state index in [1.807, 2.05) is 6.07 Å². The van der Waals surface area contributed by atoms with E-state index < -0.39 is 0 Å². The molecule has 0 bridgehead atoms. The Morgan fingerprint density at radius 3 is 2.81 bits per heavy atom. The highest BCUT2D eigenvalue weighted by atomic mass is 79.9. The Morgan fingerprint density at radius 1 is 1.31 bits per heavy atom. The quantitative estimate of drug-likeness (QED) is 0.849. The van der Waals surface area contributed by atoms with Gasteiger partial charge in [0.05, 0.1) is 6.20 Å². The van der Waals surface area contributed by atoms with Crippen LogP contribution in [0, 0.1) is 0 Å². The number of pyridine rings is 1. The Morgan fingerprint density at radius 2 is 2.12 bits per heavy atom. The summed E-state index contributed by atoms with van der Waals surface area (Å²) in [6, 6.07) is 6.19. The number of halogens is 1. The second-order valence-electron chi connectivity index (χ2n) is 3.35. The molecule has 0 saturated carbocycles. The molecular weight excluding hydrogens is 286 g/mol. The van der Waals surface area contributed by atoms with Crippen LogP contribution in [0.15, 0.2) is 35.1 Å². The molecule has 0 aliphatic rings. The van der Waals surface area contributed by atoms with Gasteiger partial charge in [-0.3, -0.25) is 4.98 Å². The molecule has 0 amide bonds. The predicted octanol–water partition coefficient (Wildman–Crippen LogP) is 4.05. The Hall–Kier alpha value is -0.870. The largest absolute Gasteiger partial charge is 0.486 e. The molecule has 2 heterocycles. The summed E-state index contributed by atoms with van der Waals surface area (Å²) in [4.78, 5) is 6.69. The van der Waals surface area contributed by atoms with E-state index >= 15 is 0 Å². The van der Waals surface area contributed by atoms with Gasteiger partial charge in [-0.2, -0.15) is 0 Å². The van der Waals surface area contributed by atoms with Gasteiger partial charge in [-0.25, -0.2) is 0 Å². The molecule has 2 rings (SSSR count). The van der Waals surface area contributed by atoms with Crippen molar-refractivity contribution in [1.29, 1.82) is 0 Å². The molecule has 84 valence electrons. The van der Waals surface area contributed by atoms with Crippen LogP contribution in [0.4, 0.5) is 0 Å². The molecule has 0 fully saturated rings. The molecule has 16 heavy (non-hydrogen) atoms. The molecule has 0 N–H and O–H groups in total. The highest BCUT2D eigenvalue weighted by Crippen LogP contribution is 2.21. The fraction of sp³-hybridized carbons (Fsp3) is 0.250. The van der Waals surface area contributed by atoms with Crippen molar-refractivity contribution in [2.24, 2.45) is 0 Å². The maximum Gasteiger partial charge on any atom is 0.139 e. The third-order valence-electron chi connectivity index (χ3n) is 2.13. The summed E-state index contributed by atoms with van der Waals surface area (Å²) >= 11 is 5.16. The van der Waals surface area contributed by atoms with Crippen LogP contribution in [-0.4, -0.2) is 4.98 Å². The van der Waals surface area contributed by atoms with E-state index in [-0.39, 0.29) is 0 Å². The van der Waals surface area contributed by atoms with Crippen molar-refractivity contribution in [3.8, 4) is 5.75 Å². The monoisotopic (exact) mass is 297 g/mol. The van der Waals surface area contributed by atoms with Gasteiger partial charge < -0.3 is 4.74 Å². The van der Waals surface area contributed by atoms with Crippen molar-refractivity contribution in [3.63, 3.8) is 0 Å². The van der Waals surface area contributed by atoms with Crippen LogP contribution in [-0.2, 0) is 13.0 Å². The topological polar surface area (TPSA) is 22.1 Å². The van der Waals surface area contributed by atoms with Gasteiger partial charge >= 0.3 is 0 Å². The number of thiophene rings is 1. The number of hydrogen-bond donors (Lipinski definition) is 0. The zero-order chi connectivity index (χ0) is 11.4. The van der Waals surface area contributed by atoms with Gasteiger partial charge in [-0.05, 0) is 40.5 Å². The molecular formula is C12H12BrNOS. The van der Waals surface area contributed by atoms with Gasteiger partial charge in [-0.1, -0.05) is 6.92 Å². The molecule has 0 unspecified atom stereocenters. The summed E-state index contributed by atoms with van der Waals surface area (Å²) in [6.07, 6.45) is 4.55. The zero-order valence-electron chi connectivity index (χ0n) is 8.94. The van der Waals surface area contributed by atoms with Crippen molar-refractivity contribution in [1.82, 2.24) is 4.98 Å². The van der Waals surface area contributed by atoms with Gasteiger partial charge in [-0.15, -0.1) is 11.3 Å². The summed E-state index contributed by atoms with van der Waals surface area (Å²) < 4.78 is 6.58. The fourth-order valence-electron chi connectivity index (χ4n) is 1.32. The van der Waals surface area contributed by atoms with Crippen LogP contribution in [0.25, 0.3) is 0 Å². The molecule has 2 aromatic rings. The average molecular weight is 298 g/mol. The first-order chi connectivity index (χ1) is 7.78. The van der Waals surface area contributed by atoms with Crippen LogP contribution in [0.5, 0.6) is 5.75 Å². The zero-order valence-corrected chi connectivity index (χ0v) is 11.3. The van der Waals surface area contributed by atoms with Crippen molar-refractivity contribution in [2.45, 2.75) is 20.0 Å². The summed E-state index contributed by atoms with van der Waals surface area (Å²) in [7, 11) is 0. The molecule has 2 aromatic heterocycles. The van der Waals surface area contributed by atoms with Crippen LogP contribution >= 0.6 is 27.3 Å². The van der Waals surface area contributed by atoms with E-state index in [9.17, 15) is 0 Å². The number of ether oxygens (including phenoxy) is 1. The lowest BCUT2D eigenvalue weighted by atomic mass is 10.4. The Bertz CT molecular complexity index is 470. The SMILES string of the molecule is CCc1ccc(COc2cncc(Br)c2)s1. The number of aromatic nitrogens is 1. The minimum absolute atomic E-state index is 0.614. The lowest BCUT2D eigenvalue weighted by Gasteiger charge is -2.03. The summed E-state index contributed by atoms with van der Waals surface area (Å²) in [6.45, 7) is 2.78. The van der Waals surface area contributed by atoms with E-state index in [1.165, 1.54) is 9.75 Å². The average Bonchev–Trinajstić information content (AvgIpc) is 2.74. The number of rotatable bonds is 4. The third-order valence-corrected chi connectivity index (χ3v) is 3.76. The van der Waals surface area contributed by atoms with Crippen molar-refractivity contribution in [3.05, 3.63) is 44.8 Å². The maximum atomic E-state index is 5.65. The van der Waals surface area contributed by atoms with Gasteiger partial charge in [0, 0.05) is 20.4 Å². The second-order valence-corrected chi connectivity index (χ2v) is 5.52. The summed E-state index contributed by atoms with van der Waals surface area (Å²) in [5.74, 6) is 0.792. The smallest absolute Gasteiger partial charge is 0.139 e. The lowest BCUT2D eigenvalue weighted by Crippen LogP contribution is -1.93. The van der Waals surface area contributed by atoms with E-state index in [1.54, 1.807) is 23.7 Å². The Labute approximate surface area is 107 Å². The van der Waals surface area contributed by atoms with E-state index in [4.69, 9.17) is 4.74 Å². The van der Waals surface area contributed by atoms with Crippen molar-refractivity contribution < 1.29 is 4.74 Å². The lowest BCUT2D eigenvalue weighted by molar-refractivity contribution is 0.308. The van der Waals surface area contributed by atoms with Gasteiger partial charge in [0.15, 0.2) is 0 Å². The molecule has 0 aromatic carbocycles. The standard InChI is InChI=1S/C12H12BrNOS/c1-2-11-3-4-12(16-11)8-15-10-5-9(13)6-14-7-10/h3-7H,2,8H2,1H3. The molecule has 0 aliphatic carbocycles. The minimum atomic E-state index is 0.614. The molecule has 2 nitrogen and oxygen atoms in total. The van der Waals surface area contributed by atoms with Crippen molar-refractivity contribution >= 4 is 27.3 Å². The van der Waals surface area contributed by atoms with Crippen molar-refractivity contribution in [2.75, 3.05) is 0 Å². The molecule has 4 heteroatoms. The summed E-state index contributed by atoms with van der Waals surface area (Å²) in [5.41, 5.74) is 0. The molecule has 0 atom stereocenters. The predicted molar refractivity (Wildman–Crippen MR) is 70.0 cm³/mol. The van der Waals surface area contributed by atoms with Crippen LogP contribution in [0.2, 0.25) is 0 Å². The van der Waals surface area contributed by atoms with E-state index in [2.05, 4.69) is 40.0 Å². The first-order valence-corrected chi connectivity index (χ1v) is 6.70. The minimum Gasteiger partial charge on any atom is -0.486 e. The molecule has 0 spiro atoms. The Kier molecular flexibility index (Phi) is 3.96. The first kappa shape index (κ1) is 11.6. The third kappa shape index (κ3) is 3.06. The van der Waals surface area contributed by atoms with Gasteiger partial charge in [0.25, 0.3) is 0 Å². The van der Waals surface area contributed by atoms with E-state index in [0.717, 1.165) is 16.6 Å². The second kappa shape index (κ2) is 5.46. The van der Waals surface area contributed by atoms with Gasteiger partial charge in [0.2, 0.25) is 0 Å². The molecule has 0 aliphatic heterocycles. The number of nitrogens with zero attached hydrogens (tertiary/aromatic N) is 1. The van der Waals surface area contributed by atoms with Crippen LogP contribution < -0.4 is 4.74 Å². The van der Waals surface area contributed by atoms with Crippen LogP contribution in [0.3, 0.4) is 0 Å². The fourth-order valence-corrected chi connectivity index (χ4v) is 2.53. The molecule has 0 saturated heterocycles. The summed E-state index contributed by atoms with van der Waals surface area (Å²) in [5, 5.41) is 0. The van der Waals surface area contributed by atoms with E-state index in [0.29, 0.717) is 6.61 Å². The Balaban J connectivity index is 1.96. The van der Waals surface area contributed by atoms with Gasteiger partial charge in [0.1, 0.15) is 12.4 Å². The number of hydrogen-bond acceptors (Lipinski definition) is 3. The normalized spacial score (nSPS) is 10.4. The molecule has 0 radical (unpaired) electrons. The number of aryl methyl sites for hydroxylation is 1. The highest BCUT2D eigenvalue weighted by Gasteiger charge is 2.00. The van der Waals surface area contributed by atoms with Crippen LogP contribution in [0.1, 0.15) is 16.7 Å². The maximum absolute atomic E-state index is 5.65.